The van der Waals surface area contributed by atoms with Crippen LogP contribution in [0.2, 0.25) is 0 Å². The molecule has 132 valence electrons. The topological polar surface area (TPSA) is 56.0 Å². The Morgan fingerprint density at radius 1 is 1.26 bits per heavy atom. The highest BCUT2D eigenvalue weighted by atomic mass is 35.5. The van der Waals surface area contributed by atoms with Crippen LogP contribution >= 0.6 is 12.4 Å². The van der Waals surface area contributed by atoms with E-state index in [1.807, 2.05) is 0 Å². The number of hydrogen-bond acceptors (Lipinski definition) is 3. The normalized spacial score (nSPS) is 21.8. The lowest BCUT2D eigenvalue weighted by molar-refractivity contribution is -0.183. The van der Waals surface area contributed by atoms with E-state index in [0.717, 1.165) is 4.57 Å². The van der Waals surface area contributed by atoms with Gasteiger partial charge < -0.3 is 9.88 Å². The van der Waals surface area contributed by atoms with Crippen LogP contribution in [0.1, 0.15) is 31.2 Å². The smallest absolute Gasteiger partial charge is 0.310 e. The molecule has 1 aromatic rings. The minimum atomic E-state index is -4.16. The van der Waals surface area contributed by atoms with Gasteiger partial charge in [-0.25, -0.2) is 4.79 Å². The van der Waals surface area contributed by atoms with Crippen molar-refractivity contribution in [2.45, 2.75) is 44.4 Å². The molecule has 0 aliphatic heterocycles. The molecule has 1 fully saturated rings. The van der Waals surface area contributed by atoms with Gasteiger partial charge in [-0.05, 0) is 19.3 Å². The third kappa shape index (κ3) is 4.60. The Hall–Kier alpha value is -1.28. The van der Waals surface area contributed by atoms with Gasteiger partial charge in [0.25, 0.3) is 5.56 Å². The van der Waals surface area contributed by atoms with Crippen molar-refractivity contribution in [1.82, 2.24) is 14.5 Å². The Morgan fingerprint density at radius 3 is 2.52 bits per heavy atom. The first-order valence-electron chi connectivity index (χ1n) is 7.25. The number of nitrogens with zero attached hydrogens (tertiary/aromatic N) is 2. The number of hydrogen-bond donors (Lipinski definition) is 1. The van der Waals surface area contributed by atoms with E-state index in [4.69, 9.17) is 0 Å². The van der Waals surface area contributed by atoms with Crippen molar-refractivity contribution < 1.29 is 13.2 Å². The number of aromatic nitrogens is 2. The molecule has 1 aromatic heterocycles. The molecule has 0 amide bonds. The minimum absolute atomic E-state index is 0. The van der Waals surface area contributed by atoms with Crippen molar-refractivity contribution >= 4 is 12.4 Å². The molecule has 0 aromatic carbocycles. The molecule has 0 radical (unpaired) electrons. The van der Waals surface area contributed by atoms with Crippen LogP contribution in [-0.2, 0) is 20.6 Å². The minimum Gasteiger partial charge on any atom is -0.310 e. The van der Waals surface area contributed by atoms with E-state index in [1.165, 1.54) is 24.9 Å². The molecular formula is C14H21ClF3N3O2. The molecule has 1 aliphatic carbocycles. The van der Waals surface area contributed by atoms with E-state index in [0.29, 0.717) is 18.4 Å². The second-order valence-electron chi connectivity index (χ2n) is 5.89. The number of nitrogens with one attached hydrogen (secondary N) is 1. The van der Waals surface area contributed by atoms with Crippen LogP contribution in [0.25, 0.3) is 0 Å². The standard InChI is InChI=1S/C14H20F3N3O2.ClH/c1-19-8-9(12(21)20(2)13(19)22)7-18-11-5-3-4-10(6-11)14(15,16)17;/h8,10-11,18H,3-7H2,1-2H3;1H. The Bertz CT molecular complexity index is 654. The maximum Gasteiger partial charge on any atom is 0.391 e. The lowest BCUT2D eigenvalue weighted by atomic mass is 9.85. The van der Waals surface area contributed by atoms with Gasteiger partial charge in [0.05, 0.1) is 5.92 Å². The van der Waals surface area contributed by atoms with Crippen molar-refractivity contribution in [3.63, 3.8) is 0 Å². The Kier molecular flexibility index (Phi) is 6.47. The summed E-state index contributed by atoms with van der Waals surface area (Å²) in [5, 5.41) is 3.03. The highest BCUT2D eigenvalue weighted by Crippen LogP contribution is 2.37. The first-order valence-corrected chi connectivity index (χ1v) is 7.25. The molecule has 1 aliphatic rings. The van der Waals surface area contributed by atoms with Crippen molar-refractivity contribution in [2.75, 3.05) is 0 Å². The van der Waals surface area contributed by atoms with Gasteiger partial charge in [-0.15, -0.1) is 12.4 Å². The fraction of sp³-hybridized carbons (Fsp3) is 0.714. The Balaban J connectivity index is 0.00000264. The quantitative estimate of drug-likeness (QED) is 0.898. The molecule has 0 spiro atoms. The molecule has 5 nitrogen and oxygen atoms in total. The maximum atomic E-state index is 12.8. The van der Waals surface area contributed by atoms with Gasteiger partial charge >= 0.3 is 11.9 Å². The molecule has 23 heavy (non-hydrogen) atoms. The summed E-state index contributed by atoms with van der Waals surface area (Å²) in [6.07, 6.45) is -1.33. The predicted molar refractivity (Wildman–Crippen MR) is 82.8 cm³/mol. The van der Waals surface area contributed by atoms with E-state index in [1.54, 1.807) is 0 Å². The fourth-order valence-electron chi connectivity index (χ4n) is 2.93. The summed E-state index contributed by atoms with van der Waals surface area (Å²) in [5.74, 6) is -1.28. The highest BCUT2D eigenvalue weighted by Gasteiger charge is 2.42. The summed E-state index contributed by atoms with van der Waals surface area (Å²) in [5.41, 5.74) is -0.471. The Labute approximate surface area is 137 Å². The summed E-state index contributed by atoms with van der Waals surface area (Å²) in [4.78, 5) is 23.5. The van der Waals surface area contributed by atoms with Crippen LogP contribution in [-0.4, -0.2) is 21.4 Å². The van der Waals surface area contributed by atoms with Crippen LogP contribution < -0.4 is 16.6 Å². The number of halogens is 4. The van der Waals surface area contributed by atoms with Crippen LogP contribution in [0.5, 0.6) is 0 Å². The zero-order chi connectivity index (χ0) is 16.5. The first kappa shape index (κ1) is 19.8. The molecule has 0 bridgehead atoms. The van der Waals surface area contributed by atoms with Crippen molar-refractivity contribution in [2.24, 2.45) is 20.0 Å². The van der Waals surface area contributed by atoms with E-state index >= 15 is 0 Å². The van der Waals surface area contributed by atoms with Crippen molar-refractivity contribution in [3.8, 4) is 0 Å². The van der Waals surface area contributed by atoms with Gasteiger partial charge in [-0.2, -0.15) is 13.2 Å². The van der Waals surface area contributed by atoms with Gasteiger partial charge in [-0.3, -0.25) is 9.36 Å². The monoisotopic (exact) mass is 355 g/mol. The average molecular weight is 356 g/mol. The molecule has 0 saturated heterocycles. The molecular weight excluding hydrogens is 335 g/mol. The number of alkyl halides is 3. The third-order valence-corrected chi connectivity index (χ3v) is 4.24. The van der Waals surface area contributed by atoms with Gasteiger partial charge in [-0.1, -0.05) is 6.42 Å². The van der Waals surface area contributed by atoms with Crippen LogP contribution in [0.15, 0.2) is 15.8 Å². The van der Waals surface area contributed by atoms with Gasteiger partial charge in [0.1, 0.15) is 0 Å². The van der Waals surface area contributed by atoms with Gasteiger partial charge in [0.2, 0.25) is 0 Å². The molecule has 2 unspecified atom stereocenters. The van der Waals surface area contributed by atoms with E-state index in [2.05, 4.69) is 5.32 Å². The molecule has 1 N–H and O–H groups in total. The van der Waals surface area contributed by atoms with E-state index in [9.17, 15) is 22.8 Å². The third-order valence-electron chi connectivity index (χ3n) is 4.24. The molecule has 1 heterocycles. The zero-order valence-corrected chi connectivity index (χ0v) is 13.8. The van der Waals surface area contributed by atoms with Crippen LogP contribution in [0, 0.1) is 5.92 Å². The molecule has 1 saturated carbocycles. The number of aryl methyl sites for hydroxylation is 1. The lowest BCUT2D eigenvalue weighted by Crippen LogP contribution is -2.42. The second-order valence-corrected chi connectivity index (χ2v) is 5.89. The summed E-state index contributed by atoms with van der Waals surface area (Å²) >= 11 is 0. The SMILES string of the molecule is Cl.Cn1cc(CNC2CCCC(C(F)(F)F)C2)c(=O)n(C)c1=O. The van der Waals surface area contributed by atoms with Gasteiger partial charge in [0.15, 0.2) is 0 Å². The first-order chi connectivity index (χ1) is 10.2. The zero-order valence-electron chi connectivity index (χ0n) is 13.0. The summed E-state index contributed by atoms with van der Waals surface area (Å²) in [6, 6.07) is -0.262. The van der Waals surface area contributed by atoms with Crippen LogP contribution in [0.3, 0.4) is 0 Å². The van der Waals surface area contributed by atoms with Crippen molar-refractivity contribution in [3.05, 3.63) is 32.6 Å². The fourth-order valence-corrected chi connectivity index (χ4v) is 2.93. The van der Waals surface area contributed by atoms with E-state index in [-0.39, 0.29) is 37.8 Å². The summed E-state index contributed by atoms with van der Waals surface area (Å²) in [7, 11) is 2.92. The highest BCUT2D eigenvalue weighted by molar-refractivity contribution is 5.85. The van der Waals surface area contributed by atoms with Crippen molar-refractivity contribution in [1.29, 1.82) is 0 Å². The lowest BCUT2D eigenvalue weighted by Gasteiger charge is -2.31. The second kappa shape index (κ2) is 7.53. The molecule has 2 atom stereocenters. The van der Waals surface area contributed by atoms with E-state index < -0.39 is 23.3 Å². The summed E-state index contributed by atoms with van der Waals surface area (Å²) in [6.45, 7) is 0.163. The average Bonchev–Trinajstić information content (AvgIpc) is 2.47. The van der Waals surface area contributed by atoms with Gasteiger partial charge in [0, 0.05) is 38.4 Å². The predicted octanol–water partition coefficient (Wildman–Crippen LogP) is 1.72. The Morgan fingerprint density at radius 2 is 1.91 bits per heavy atom. The largest absolute Gasteiger partial charge is 0.391 e. The molecule has 2 rings (SSSR count). The molecule has 9 heteroatoms. The summed E-state index contributed by atoms with van der Waals surface area (Å²) < 4.78 is 40.6. The van der Waals surface area contributed by atoms with Crippen LogP contribution in [0.4, 0.5) is 13.2 Å². The maximum absolute atomic E-state index is 12.8. The number of rotatable bonds is 3.